The van der Waals surface area contributed by atoms with E-state index >= 15 is 0 Å². The summed E-state index contributed by atoms with van der Waals surface area (Å²) in [6, 6.07) is 7.66. The zero-order chi connectivity index (χ0) is 9.42. The lowest BCUT2D eigenvalue weighted by Gasteiger charge is -1.97. The van der Waals surface area contributed by atoms with E-state index in [1.165, 1.54) is 5.56 Å². The highest BCUT2D eigenvalue weighted by Gasteiger charge is 2.48. The van der Waals surface area contributed by atoms with Gasteiger partial charge in [-0.3, -0.25) is 10.1 Å². The van der Waals surface area contributed by atoms with Crippen LogP contribution in [0.25, 0.3) is 0 Å². The Morgan fingerprint density at radius 1 is 1.38 bits per heavy atom. The first-order valence-corrected chi connectivity index (χ1v) is 4.38. The predicted octanol–water partition coefficient (Wildman–Crippen LogP) is 2.13. The molecule has 3 nitrogen and oxygen atoms in total. The molecule has 2 atom stereocenters. The largest absolute Gasteiger partial charge is 0.264 e. The summed E-state index contributed by atoms with van der Waals surface area (Å²) in [7, 11) is 0. The lowest BCUT2D eigenvalue weighted by Crippen LogP contribution is -2.02. The Balaban J connectivity index is 2.12. The molecule has 0 saturated heterocycles. The van der Waals surface area contributed by atoms with E-state index in [-0.39, 0.29) is 16.9 Å². The van der Waals surface area contributed by atoms with Gasteiger partial charge in [-0.1, -0.05) is 29.8 Å². The summed E-state index contributed by atoms with van der Waals surface area (Å²) >= 11 is 0. The fourth-order valence-electron chi connectivity index (χ4n) is 1.59. The first kappa shape index (κ1) is 8.23. The van der Waals surface area contributed by atoms with E-state index in [1.54, 1.807) is 0 Å². The minimum atomic E-state index is -0.331. The molecule has 1 fully saturated rings. The Hall–Kier alpha value is -1.38. The lowest BCUT2D eigenvalue weighted by molar-refractivity contribution is -0.496. The fourth-order valence-corrected chi connectivity index (χ4v) is 1.59. The van der Waals surface area contributed by atoms with Gasteiger partial charge in [0.1, 0.15) is 0 Å². The minimum Gasteiger partial charge on any atom is -0.264 e. The van der Waals surface area contributed by atoms with Crippen LogP contribution < -0.4 is 0 Å². The Labute approximate surface area is 76.5 Å². The third kappa shape index (κ3) is 1.54. The first-order valence-electron chi connectivity index (χ1n) is 4.38. The highest BCUT2D eigenvalue weighted by molar-refractivity contribution is 5.29. The number of rotatable bonds is 2. The van der Waals surface area contributed by atoms with Crippen molar-refractivity contribution >= 4 is 0 Å². The molecule has 1 aliphatic carbocycles. The second kappa shape index (κ2) is 2.83. The van der Waals surface area contributed by atoms with Crippen LogP contribution in [0.1, 0.15) is 23.5 Å². The monoisotopic (exact) mass is 177 g/mol. The number of hydrogen-bond donors (Lipinski definition) is 0. The van der Waals surface area contributed by atoms with Gasteiger partial charge in [0.2, 0.25) is 6.04 Å². The second-order valence-electron chi connectivity index (χ2n) is 3.61. The zero-order valence-corrected chi connectivity index (χ0v) is 7.43. The second-order valence-corrected chi connectivity index (χ2v) is 3.61. The van der Waals surface area contributed by atoms with Crippen molar-refractivity contribution in [1.82, 2.24) is 0 Å². The number of aryl methyl sites for hydroxylation is 1. The van der Waals surface area contributed by atoms with E-state index in [2.05, 4.69) is 0 Å². The summed E-state index contributed by atoms with van der Waals surface area (Å²) in [6.45, 7) is 2.02. The SMILES string of the molecule is Cc1ccc([C@@H]2C[C@H]2[N+](=O)[O-])cc1. The molecule has 0 N–H and O–H groups in total. The van der Waals surface area contributed by atoms with E-state index in [1.807, 2.05) is 31.2 Å². The van der Waals surface area contributed by atoms with Gasteiger partial charge in [0.25, 0.3) is 0 Å². The maximum atomic E-state index is 10.4. The third-order valence-corrected chi connectivity index (χ3v) is 2.53. The van der Waals surface area contributed by atoms with Crippen molar-refractivity contribution in [3.63, 3.8) is 0 Å². The summed E-state index contributed by atoms with van der Waals surface area (Å²) < 4.78 is 0. The van der Waals surface area contributed by atoms with Crippen molar-refractivity contribution in [2.45, 2.75) is 25.3 Å². The summed E-state index contributed by atoms with van der Waals surface area (Å²) in [4.78, 5) is 10.2. The molecule has 0 spiro atoms. The average Bonchev–Trinajstić information content (AvgIpc) is 2.85. The molecule has 1 aromatic rings. The minimum absolute atomic E-state index is 0.163. The van der Waals surface area contributed by atoms with Crippen LogP contribution in [0, 0.1) is 17.0 Å². The molecule has 0 aliphatic heterocycles. The number of nitrogens with zero attached hydrogens (tertiary/aromatic N) is 1. The van der Waals surface area contributed by atoms with Crippen LogP contribution in [-0.2, 0) is 0 Å². The van der Waals surface area contributed by atoms with Gasteiger partial charge in [-0.05, 0) is 12.5 Å². The molecular formula is C10H11NO2. The first-order chi connectivity index (χ1) is 6.18. The molecule has 0 bridgehead atoms. The van der Waals surface area contributed by atoms with Crippen molar-refractivity contribution in [3.05, 3.63) is 45.5 Å². The number of hydrogen-bond acceptors (Lipinski definition) is 2. The van der Waals surface area contributed by atoms with Gasteiger partial charge in [0, 0.05) is 11.3 Å². The van der Waals surface area contributed by atoms with Gasteiger partial charge in [-0.15, -0.1) is 0 Å². The number of benzene rings is 1. The normalized spacial score (nSPS) is 25.6. The Kier molecular flexibility index (Phi) is 1.79. The standard InChI is InChI=1S/C10H11NO2/c1-7-2-4-8(5-3-7)9-6-10(9)11(12)13/h2-5,9-10H,6H2,1H3/t9-,10+/m0/s1. The highest BCUT2D eigenvalue weighted by Crippen LogP contribution is 2.42. The smallest absolute Gasteiger partial charge is 0.221 e. The van der Waals surface area contributed by atoms with E-state index in [9.17, 15) is 10.1 Å². The zero-order valence-electron chi connectivity index (χ0n) is 7.43. The Morgan fingerprint density at radius 2 is 2.00 bits per heavy atom. The molecular weight excluding hydrogens is 166 g/mol. The molecule has 1 aromatic carbocycles. The maximum Gasteiger partial charge on any atom is 0.221 e. The molecule has 2 rings (SSSR count). The van der Waals surface area contributed by atoms with Crippen molar-refractivity contribution in [3.8, 4) is 0 Å². The van der Waals surface area contributed by atoms with Crippen molar-refractivity contribution in [1.29, 1.82) is 0 Å². The molecule has 0 heterocycles. The van der Waals surface area contributed by atoms with Gasteiger partial charge in [-0.25, -0.2) is 0 Å². The molecule has 0 unspecified atom stereocenters. The summed E-state index contributed by atoms with van der Waals surface area (Å²) in [5.41, 5.74) is 2.30. The Morgan fingerprint density at radius 3 is 2.46 bits per heavy atom. The molecule has 0 amide bonds. The molecule has 0 aromatic heterocycles. The van der Waals surface area contributed by atoms with Crippen molar-refractivity contribution in [2.75, 3.05) is 0 Å². The molecule has 3 heteroatoms. The van der Waals surface area contributed by atoms with Gasteiger partial charge in [0.05, 0.1) is 5.92 Å². The average molecular weight is 177 g/mol. The quantitative estimate of drug-likeness (QED) is 0.513. The molecule has 0 radical (unpaired) electrons. The van der Waals surface area contributed by atoms with Crippen LogP contribution in [0.4, 0.5) is 0 Å². The molecule has 68 valence electrons. The van der Waals surface area contributed by atoms with E-state index < -0.39 is 0 Å². The van der Waals surface area contributed by atoms with Gasteiger partial charge in [0.15, 0.2) is 0 Å². The number of nitro groups is 1. The van der Waals surface area contributed by atoms with Crippen LogP contribution in [0.15, 0.2) is 24.3 Å². The third-order valence-electron chi connectivity index (χ3n) is 2.53. The van der Waals surface area contributed by atoms with Crippen LogP contribution in [0.5, 0.6) is 0 Å². The summed E-state index contributed by atoms with van der Waals surface area (Å²) in [5.74, 6) is 0.163. The van der Waals surface area contributed by atoms with E-state index in [0.717, 1.165) is 5.56 Å². The summed E-state index contributed by atoms with van der Waals surface area (Å²) in [5, 5.41) is 10.4. The predicted molar refractivity (Wildman–Crippen MR) is 49.3 cm³/mol. The van der Waals surface area contributed by atoms with Crippen LogP contribution in [0.3, 0.4) is 0 Å². The fraction of sp³-hybridized carbons (Fsp3) is 0.400. The molecule has 1 saturated carbocycles. The highest BCUT2D eigenvalue weighted by atomic mass is 16.6. The van der Waals surface area contributed by atoms with Crippen LogP contribution >= 0.6 is 0 Å². The van der Waals surface area contributed by atoms with Crippen molar-refractivity contribution < 1.29 is 4.92 Å². The molecule has 1 aliphatic rings. The van der Waals surface area contributed by atoms with Gasteiger partial charge in [-0.2, -0.15) is 0 Å². The van der Waals surface area contributed by atoms with Crippen LogP contribution in [0.2, 0.25) is 0 Å². The van der Waals surface area contributed by atoms with Crippen LogP contribution in [-0.4, -0.2) is 11.0 Å². The lowest BCUT2D eigenvalue weighted by atomic mass is 10.1. The van der Waals surface area contributed by atoms with Crippen molar-refractivity contribution in [2.24, 2.45) is 0 Å². The maximum absolute atomic E-state index is 10.4. The van der Waals surface area contributed by atoms with E-state index in [4.69, 9.17) is 0 Å². The van der Waals surface area contributed by atoms with Gasteiger partial charge < -0.3 is 0 Å². The molecule has 13 heavy (non-hydrogen) atoms. The summed E-state index contributed by atoms with van der Waals surface area (Å²) in [6.07, 6.45) is 0.704. The Bertz CT molecular complexity index is 331. The van der Waals surface area contributed by atoms with E-state index in [0.29, 0.717) is 6.42 Å². The topological polar surface area (TPSA) is 43.1 Å². The van der Waals surface area contributed by atoms with Gasteiger partial charge >= 0.3 is 0 Å².